The molecular formula is C10H20N. The fourth-order valence-corrected chi connectivity index (χ4v) is 2.10. The molecule has 11 heavy (non-hydrogen) atoms. The van der Waals surface area contributed by atoms with E-state index in [9.17, 15) is 0 Å². The highest BCUT2D eigenvalue weighted by Gasteiger charge is 2.22. The molecule has 1 fully saturated rings. The molecule has 0 heterocycles. The van der Waals surface area contributed by atoms with E-state index in [1.165, 1.54) is 25.7 Å². The lowest BCUT2D eigenvalue weighted by atomic mass is 10.1. The smallest absolute Gasteiger partial charge is 0.00979 e. The van der Waals surface area contributed by atoms with E-state index in [1.807, 2.05) is 0 Å². The summed E-state index contributed by atoms with van der Waals surface area (Å²) in [5.74, 6) is 0. The van der Waals surface area contributed by atoms with E-state index in [-0.39, 0.29) is 0 Å². The van der Waals surface area contributed by atoms with Crippen molar-refractivity contribution in [3.8, 4) is 0 Å². The fraction of sp³-hybridized carbons (Fsp3) is 0.900. The zero-order valence-corrected chi connectivity index (χ0v) is 7.84. The molecule has 0 N–H and O–H groups in total. The molecule has 0 bridgehead atoms. The van der Waals surface area contributed by atoms with Crippen molar-refractivity contribution in [3.63, 3.8) is 0 Å². The van der Waals surface area contributed by atoms with Crippen LogP contribution < -0.4 is 0 Å². The Kier molecular flexibility index (Phi) is 3.38. The predicted molar refractivity (Wildman–Crippen MR) is 49.5 cm³/mol. The minimum absolute atomic E-state index is 0.676. The number of rotatable bonds is 3. The number of nitrogens with zero attached hydrogens (tertiary/aromatic N) is 1. The van der Waals surface area contributed by atoms with E-state index in [0.717, 1.165) is 12.6 Å². The SMILES string of the molecule is [CH2]CN(C(C)C)C1CCCC1. The van der Waals surface area contributed by atoms with Crippen molar-refractivity contribution in [2.75, 3.05) is 6.54 Å². The average Bonchev–Trinajstić information content (AvgIpc) is 2.40. The molecule has 1 aliphatic carbocycles. The first-order valence-corrected chi connectivity index (χ1v) is 4.80. The van der Waals surface area contributed by atoms with Gasteiger partial charge in [0.2, 0.25) is 0 Å². The molecule has 0 aliphatic heterocycles. The van der Waals surface area contributed by atoms with Crippen molar-refractivity contribution in [1.29, 1.82) is 0 Å². The highest BCUT2D eigenvalue weighted by Crippen LogP contribution is 2.24. The summed E-state index contributed by atoms with van der Waals surface area (Å²) in [4.78, 5) is 2.52. The van der Waals surface area contributed by atoms with E-state index in [0.29, 0.717) is 6.04 Å². The second-order valence-corrected chi connectivity index (χ2v) is 3.77. The highest BCUT2D eigenvalue weighted by molar-refractivity contribution is 4.79. The lowest BCUT2D eigenvalue weighted by Crippen LogP contribution is -2.38. The van der Waals surface area contributed by atoms with Crippen LogP contribution in [0.15, 0.2) is 0 Å². The predicted octanol–water partition coefficient (Wildman–Crippen LogP) is 2.47. The maximum absolute atomic E-state index is 3.98. The Morgan fingerprint density at radius 3 is 2.27 bits per heavy atom. The van der Waals surface area contributed by atoms with E-state index < -0.39 is 0 Å². The Labute approximate surface area is 70.8 Å². The fourth-order valence-electron chi connectivity index (χ4n) is 2.10. The average molecular weight is 154 g/mol. The van der Waals surface area contributed by atoms with Crippen LogP contribution >= 0.6 is 0 Å². The van der Waals surface area contributed by atoms with Crippen LogP contribution in [-0.2, 0) is 0 Å². The van der Waals surface area contributed by atoms with E-state index in [4.69, 9.17) is 0 Å². The van der Waals surface area contributed by atoms with Crippen LogP contribution in [0.2, 0.25) is 0 Å². The molecular weight excluding hydrogens is 134 g/mol. The van der Waals surface area contributed by atoms with Crippen molar-refractivity contribution in [2.45, 2.75) is 51.6 Å². The van der Waals surface area contributed by atoms with Crippen molar-refractivity contribution in [2.24, 2.45) is 0 Å². The first-order valence-electron chi connectivity index (χ1n) is 4.80. The lowest BCUT2D eigenvalue weighted by Gasteiger charge is -2.31. The molecule has 1 heteroatoms. The second kappa shape index (κ2) is 4.10. The van der Waals surface area contributed by atoms with Gasteiger partial charge in [0.25, 0.3) is 0 Å². The van der Waals surface area contributed by atoms with Gasteiger partial charge in [-0.25, -0.2) is 0 Å². The van der Waals surface area contributed by atoms with E-state index in [2.05, 4.69) is 25.7 Å². The summed E-state index contributed by atoms with van der Waals surface area (Å²) >= 11 is 0. The summed E-state index contributed by atoms with van der Waals surface area (Å²) in [5, 5.41) is 0. The van der Waals surface area contributed by atoms with Gasteiger partial charge >= 0.3 is 0 Å². The Hall–Kier alpha value is -0.0400. The molecule has 0 saturated heterocycles. The molecule has 1 nitrogen and oxygen atoms in total. The first-order chi connectivity index (χ1) is 5.25. The van der Waals surface area contributed by atoms with Crippen LogP contribution in [0, 0.1) is 6.92 Å². The van der Waals surface area contributed by atoms with Gasteiger partial charge in [0.15, 0.2) is 0 Å². The largest absolute Gasteiger partial charge is 0.298 e. The molecule has 1 radical (unpaired) electrons. The van der Waals surface area contributed by atoms with Gasteiger partial charge in [-0.3, -0.25) is 4.90 Å². The maximum atomic E-state index is 3.98. The van der Waals surface area contributed by atoms with Crippen molar-refractivity contribution >= 4 is 0 Å². The molecule has 0 aromatic heterocycles. The quantitative estimate of drug-likeness (QED) is 0.603. The summed E-state index contributed by atoms with van der Waals surface area (Å²) in [6.45, 7) is 9.49. The molecule has 0 amide bonds. The standard InChI is InChI=1S/C10H20N/c1-4-11(9(2)3)10-7-5-6-8-10/h9-10H,1,4-8H2,2-3H3. The Balaban J connectivity index is 2.40. The summed E-state index contributed by atoms with van der Waals surface area (Å²) in [6, 6.07) is 1.52. The normalized spacial score (nSPS) is 20.5. The molecule has 1 rings (SSSR count). The molecule has 1 aliphatic rings. The molecule has 0 atom stereocenters. The molecule has 0 unspecified atom stereocenters. The lowest BCUT2D eigenvalue weighted by molar-refractivity contribution is 0.173. The minimum atomic E-state index is 0.676. The second-order valence-electron chi connectivity index (χ2n) is 3.77. The van der Waals surface area contributed by atoms with Crippen LogP contribution in [0.4, 0.5) is 0 Å². The molecule has 1 saturated carbocycles. The molecule has 0 spiro atoms. The summed E-state index contributed by atoms with van der Waals surface area (Å²) in [7, 11) is 0. The Morgan fingerprint density at radius 1 is 1.36 bits per heavy atom. The van der Waals surface area contributed by atoms with Crippen LogP contribution in [0.25, 0.3) is 0 Å². The van der Waals surface area contributed by atoms with Crippen molar-refractivity contribution < 1.29 is 0 Å². The first kappa shape index (κ1) is 9.05. The maximum Gasteiger partial charge on any atom is 0.00979 e. The number of hydrogen-bond donors (Lipinski definition) is 0. The third-order valence-electron chi connectivity index (χ3n) is 2.72. The van der Waals surface area contributed by atoms with Crippen LogP contribution in [0.3, 0.4) is 0 Å². The third-order valence-corrected chi connectivity index (χ3v) is 2.72. The van der Waals surface area contributed by atoms with Crippen LogP contribution in [0.1, 0.15) is 39.5 Å². The van der Waals surface area contributed by atoms with Gasteiger partial charge in [0.1, 0.15) is 0 Å². The van der Waals surface area contributed by atoms with Crippen LogP contribution in [0.5, 0.6) is 0 Å². The van der Waals surface area contributed by atoms with Crippen molar-refractivity contribution in [3.05, 3.63) is 6.92 Å². The van der Waals surface area contributed by atoms with Crippen molar-refractivity contribution in [1.82, 2.24) is 4.90 Å². The third kappa shape index (κ3) is 2.19. The molecule has 0 aromatic rings. The topological polar surface area (TPSA) is 3.24 Å². The van der Waals surface area contributed by atoms with E-state index in [1.54, 1.807) is 0 Å². The number of hydrogen-bond acceptors (Lipinski definition) is 1. The minimum Gasteiger partial charge on any atom is -0.298 e. The van der Waals surface area contributed by atoms with Gasteiger partial charge in [-0.1, -0.05) is 12.8 Å². The summed E-state index contributed by atoms with van der Waals surface area (Å²) in [5.41, 5.74) is 0. The summed E-state index contributed by atoms with van der Waals surface area (Å²) < 4.78 is 0. The van der Waals surface area contributed by atoms with Gasteiger partial charge in [-0.05, 0) is 40.2 Å². The monoisotopic (exact) mass is 154 g/mol. The van der Waals surface area contributed by atoms with E-state index >= 15 is 0 Å². The molecule has 65 valence electrons. The Morgan fingerprint density at radius 2 is 1.91 bits per heavy atom. The van der Waals surface area contributed by atoms with Gasteiger partial charge in [-0.2, -0.15) is 0 Å². The van der Waals surface area contributed by atoms with Gasteiger partial charge in [0, 0.05) is 12.1 Å². The summed E-state index contributed by atoms with van der Waals surface area (Å²) in [6.07, 6.45) is 5.64. The Bertz CT molecular complexity index is 103. The zero-order chi connectivity index (χ0) is 8.27. The van der Waals surface area contributed by atoms with Gasteiger partial charge < -0.3 is 0 Å². The highest BCUT2D eigenvalue weighted by atomic mass is 15.2. The van der Waals surface area contributed by atoms with Gasteiger partial charge in [-0.15, -0.1) is 0 Å². The van der Waals surface area contributed by atoms with Gasteiger partial charge in [0.05, 0.1) is 0 Å². The zero-order valence-electron chi connectivity index (χ0n) is 7.84. The van der Waals surface area contributed by atoms with Crippen LogP contribution in [-0.4, -0.2) is 23.5 Å². The molecule has 0 aromatic carbocycles.